The second-order valence-corrected chi connectivity index (χ2v) is 7.44. The van der Waals surface area contributed by atoms with Crippen molar-refractivity contribution in [2.45, 2.75) is 6.92 Å². The monoisotopic (exact) mass is 374 g/mol. The van der Waals surface area contributed by atoms with Gasteiger partial charge >= 0.3 is 0 Å². The second kappa shape index (κ2) is 6.08. The third kappa shape index (κ3) is 2.48. The number of benzene rings is 4. The van der Waals surface area contributed by atoms with E-state index < -0.39 is 0 Å². The van der Waals surface area contributed by atoms with Crippen LogP contribution in [0, 0.1) is 6.92 Å². The van der Waals surface area contributed by atoms with Gasteiger partial charge in [-0.2, -0.15) is 0 Å². The van der Waals surface area contributed by atoms with Crippen molar-refractivity contribution in [3.05, 3.63) is 96.8 Å². The molecule has 0 saturated carbocycles. The van der Waals surface area contributed by atoms with E-state index >= 15 is 0 Å². The lowest BCUT2D eigenvalue weighted by Crippen LogP contribution is -1.96. The van der Waals surface area contributed by atoms with Gasteiger partial charge in [0.25, 0.3) is 0 Å². The van der Waals surface area contributed by atoms with Crippen LogP contribution >= 0.6 is 0 Å². The summed E-state index contributed by atoms with van der Waals surface area (Å²) in [6.07, 6.45) is 1.83. The number of furan rings is 1. The first-order chi connectivity index (χ1) is 14.3. The summed E-state index contributed by atoms with van der Waals surface area (Å²) < 4.78 is 8.18. The Kier molecular flexibility index (Phi) is 3.38. The number of hydrogen-bond acceptors (Lipinski definition) is 2. The van der Waals surface area contributed by atoms with E-state index in [0.717, 1.165) is 39.1 Å². The van der Waals surface area contributed by atoms with Crippen LogP contribution in [-0.4, -0.2) is 9.55 Å². The summed E-state index contributed by atoms with van der Waals surface area (Å²) in [4.78, 5) is 4.98. The maximum atomic E-state index is 5.98. The SMILES string of the molecule is Cc1ccc2cc3occ(-c4nc5ccccc5n4-c4ccccc4)c3cc2c1. The first kappa shape index (κ1) is 16.1. The van der Waals surface area contributed by atoms with Gasteiger partial charge in [0, 0.05) is 11.1 Å². The van der Waals surface area contributed by atoms with Crippen molar-refractivity contribution in [2.75, 3.05) is 0 Å². The Morgan fingerprint density at radius 3 is 2.52 bits per heavy atom. The van der Waals surface area contributed by atoms with Crippen LogP contribution in [0.2, 0.25) is 0 Å². The molecule has 0 atom stereocenters. The molecule has 0 fully saturated rings. The van der Waals surface area contributed by atoms with Gasteiger partial charge in [-0.3, -0.25) is 4.57 Å². The Morgan fingerprint density at radius 2 is 1.62 bits per heavy atom. The molecule has 2 aromatic heterocycles. The highest BCUT2D eigenvalue weighted by molar-refractivity contribution is 6.03. The molecular formula is C26H18N2O. The van der Waals surface area contributed by atoms with Gasteiger partial charge in [0.2, 0.25) is 0 Å². The van der Waals surface area contributed by atoms with E-state index in [-0.39, 0.29) is 0 Å². The average molecular weight is 374 g/mol. The normalized spacial score (nSPS) is 11.6. The Morgan fingerprint density at radius 1 is 0.793 bits per heavy atom. The summed E-state index contributed by atoms with van der Waals surface area (Å²) in [7, 11) is 0. The molecule has 0 unspecified atom stereocenters. The highest BCUT2D eigenvalue weighted by Crippen LogP contribution is 2.36. The van der Waals surface area contributed by atoms with E-state index in [0.29, 0.717) is 0 Å². The minimum Gasteiger partial charge on any atom is -0.464 e. The second-order valence-electron chi connectivity index (χ2n) is 7.44. The lowest BCUT2D eigenvalue weighted by Gasteiger charge is -2.08. The van der Waals surface area contributed by atoms with Gasteiger partial charge in [-0.25, -0.2) is 4.98 Å². The molecule has 0 N–H and O–H groups in total. The first-order valence-corrected chi connectivity index (χ1v) is 9.73. The summed E-state index contributed by atoms with van der Waals surface area (Å²) in [6, 6.07) is 29.4. The number of imidazole rings is 1. The van der Waals surface area contributed by atoms with Crippen molar-refractivity contribution in [1.82, 2.24) is 9.55 Å². The van der Waals surface area contributed by atoms with Crippen LogP contribution in [-0.2, 0) is 0 Å². The van der Waals surface area contributed by atoms with Gasteiger partial charge in [-0.05, 0) is 54.1 Å². The molecule has 138 valence electrons. The molecule has 0 bridgehead atoms. The number of nitrogens with zero attached hydrogens (tertiary/aromatic N) is 2. The van der Waals surface area contributed by atoms with E-state index in [4.69, 9.17) is 9.40 Å². The number of rotatable bonds is 2. The van der Waals surface area contributed by atoms with Gasteiger partial charge < -0.3 is 4.42 Å². The highest BCUT2D eigenvalue weighted by atomic mass is 16.3. The van der Waals surface area contributed by atoms with Crippen LogP contribution in [0.25, 0.3) is 49.9 Å². The minimum absolute atomic E-state index is 0.878. The minimum atomic E-state index is 0.878. The largest absolute Gasteiger partial charge is 0.464 e. The Bertz CT molecular complexity index is 1510. The van der Waals surface area contributed by atoms with E-state index in [9.17, 15) is 0 Å². The Labute approximate surface area is 167 Å². The lowest BCUT2D eigenvalue weighted by molar-refractivity contribution is 0.617. The van der Waals surface area contributed by atoms with Crippen molar-refractivity contribution in [3.63, 3.8) is 0 Å². The zero-order valence-corrected chi connectivity index (χ0v) is 16.0. The van der Waals surface area contributed by atoms with Crippen molar-refractivity contribution >= 4 is 32.8 Å². The van der Waals surface area contributed by atoms with Crippen LogP contribution in [0.1, 0.15) is 5.56 Å². The van der Waals surface area contributed by atoms with Crippen molar-refractivity contribution < 1.29 is 4.42 Å². The number of aryl methyl sites for hydroxylation is 1. The van der Waals surface area contributed by atoms with Crippen LogP contribution in [0.4, 0.5) is 0 Å². The summed E-state index contributed by atoms with van der Waals surface area (Å²) in [5.41, 5.74) is 6.27. The zero-order valence-electron chi connectivity index (χ0n) is 16.0. The van der Waals surface area contributed by atoms with Gasteiger partial charge in [0.15, 0.2) is 0 Å². The predicted molar refractivity (Wildman–Crippen MR) is 119 cm³/mol. The molecule has 0 aliphatic rings. The van der Waals surface area contributed by atoms with Gasteiger partial charge in [0.05, 0.1) is 16.6 Å². The van der Waals surface area contributed by atoms with Crippen LogP contribution in [0.3, 0.4) is 0 Å². The molecule has 3 nitrogen and oxygen atoms in total. The van der Waals surface area contributed by atoms with Crippen molar-refractivity contribution in [2.24, 2.45) is 0 Å². The lowest BCUT2D eigenvalue weighted by atomic mass is 10.0. The molecule has 0 spiro atoms. The van der Waals surface area contributed by atoms with Gasteiger partial charge in [-0.15, -0.1) is 0 Å². The molecule has 3 heteroatoms. The predicted octanol–water partition coefficient (Wildman–Crippen LogP) is 6.90. The summed E-state index contributed by atoms with van der Waals surface area (Å²) in [5, 5.41) is 3.47. The maximum Gasteiger partial charge on any atom is 0.149 e. The van der Waals surface area contributed by atoms with Gasteiger partial charge in [-0.1, -0.05) is 54.1 Å². The molecule has 0 radical (unpaired) electrons. The van der Waals surface area contributed by atoms with Gasteiger partial charge in [0.1, 0.15) is 17.7 Å². The van der Waals surface area contributed by atoms with E-state index in [1.165, 1.54) is 16.3 Å². The molecule has 2 heterocycles. The van der Waals surface area contributed by atoms with E-state index in [1.807, 2.05) is 18.4 Å². The van der Waals surface area contributed by atoms with Crippen molar-refractivity contribution in [1.29, 1.82) is 0 Å². The molecule has 0 saturated heterocycles. The fraction of sp³-hybridized carbons (Fsp3) is 0.0385. The molecule has 29 heavy (non-hydrogen) atoms. The molecule has 0 aliphatic carbocycles. The molecule has 0 amide bonds. The van der Waals surface area contributed by atoms with E-state index in [2.05, 4.69) is 84.3 Å². The number of fused-ring (bicyclic) bond motifs is 3. The number of aromatic nitrogens is 2. The molecule has 6 aromatic rings. The summed E-state index contributed by atoms with van der Waals surface area (Å²) in [6.45, 7) is 2.12. The van der Waals surface area contributed by atoms with Crippen LogP contribution < -0.4 is 0 Å². The third-order valence-electron chi connectivity index (χ3n) is 5.50. The van der Waals surface area contributed by atoms with Crippen LogP contribution in [0.5, 0.6) is 0 Å². The Hall–Kier alpha value is -3.85. The molecule has 0 aliphatic heterocycles. The Balaban J connectivity index is 1.69. The maximum absolute atomic E-state index is 5.98. The van der Waals surface area contributed by atoms with E-state index in [1.54, 1.807) is 0 Å². The number of hydrogen-bond donors (Lipinski definition) is 0. The third-order valence-corrected chi connectivity index (χ3v) is 5.50. The van der Waals surface area contributed by atoms with Crippen LogP contribution in [0.15, 0.2) is 95.6 Å². The topological polar surface area (TPSA) is 31.0 Å². The first-order valence-electron chi connectivity index (χ1n) is 9.73. The molecular weight excluding hydrogens is 356 g/mol. The van der Waals surface area contributed by atoms with Crippen molar-refractivity contribution in [3.8, 4) is 17.1 Å². The standard InChI is InChI=1S/C26H18N2O/c1-17-11-12-18-15-25-21(14-19(18)13-17)22(16-29-25)26-27-23-9-5-6-10-24(23)28(26)20-7-3-2-4-8-20/h2-16H,1H3. The zero-order chi connectivity index (χ0) is 19.4. The smallest absolute Gasteiger partial charge is 0.149 e. The highest BCUT2D eigenvalue weighted by Gasteiger charge is 2.18. The molecule has 6 rings (SSSR count). The summed E-state index contributed by atoms with van der Waals surface area (Å²) >= 11 is 0. The summed E-state index contributed by atoms with van der Waals surface area (Å²) in [5.74, 6) is 0.892. The average Bonchev–Trinajstić information content (AvgIpc) is 3.33. The quantitative estimate of drug-likeness (QED) is 0.330. The number of para-hydroxylation sites is 3. The fourth-order valence-electron chi connectivity index (χ4n) is 4.11. The molecule has 4 aromatic carbocycles. The fourth-order valence-corrected chi connectivity index (χ4v) is 4.11.